The first kappa shape index (κ1) is 10.7. The average molecular weight is 240 g/mol. The van der Waals surface area contributed by atoms with Gasteiger partial charge in [0.2, 0.25) is 5.88 Å². The molecule has 2 heterocycles. The number of pyridine rings is 1. The molecule has 0 unspecified atom stereocenters. The molecule has 1 aromatic carbocycles. The predicted octanol–water partition coefficient (Wildman–Crippen LogP) is 3.14. The van der Waals surface area contributed by atoms with Crippen molar-refractivity contribution in [2.75, 3.05) is 0 Å². The Labute approximate surface area is 104 Å². The summed E-state index contributed by atoms with van der Waals surface area (Å²) in [7, 11) is 0. The summed E-state index contributed by atoms with van der Waals surface area (Å²) in [4.78, 5) is 4.19. The fraction of sp³-hybridized carbons (Fsp3) is 0.0714. The largest absolute Gasteiger partial charge is 0.508 e. The van der Waals surface area contributed by atoms with E-state index in [1.165, 1.54) is 0 Å². The molecule has 4 nitrogen and oxygen atoms in total. The van der Waals surface area contributed by atoms with Crippen molar-refractivity contribution in [3.63, 3.8) is 0 Å². The molecule has 0 aliphatic heterocycles. The van der Waals surface area contributed by atoms with Gasteiger partial charge in [-0.3, -0.25) is 4.40 Å². The van der Waals surface area contributed by atoms with Crippen LogP contribution in [0.1, 0.15) is 5.56 Å². The molecule has 0 saturated carbocycles. The molecule has 0 aliphatic carbocycles. The minimum atomic E-state index is 0.227. The van der Waals surface area contributed by atoms with Crippen LogP contribution in [0.5, 0.6) is 17.4 Å². The fourth-order valence-electron chi connectivity index (χ4n) is 1.83. The molecule has 0 atom stereocenters. The first-order chi connectivity index (χ1) is 8.75. The predicted molar refractivity (Wildman–Crippen MR) is 68.1 cm³/mol. The summed E-state index contributed by atoms with van der Waals surface area (Å²) in [6.07, 6.45) is 3.56. The fourth-order valence-corrected chi connectivity index (χ4v) is 1.83. The molecular formula is C14H12N2O2. The smallest absolute Gasteiger partial charge is 0.205 e. The van der Waals surface area contributed by atoms with E-state index >= 15 is 0 Å². The molecule has 18 heavy (non-hydrogen) atoms. The van der Waals surface area contributed by atoms with Crippen molar-refractivity contribution in [3.05, 3.63) is 54.4 Å². The van der Waals surface area contributed by atoms with E-state index in [9.17, 15) is 5.11 Å². The van der Waals surface area contributed by atoms with Crippen LogP contribution in [0.2, 0.25) is 0 Å². The van der Waals surface area contributed by atoms with E-state index in [2.05, 4.69) is 4.98 Å². The van der Waals surface area contributed by atoms with Gasteiger partial charge >= 0.3 is 0 Å². The summed E-state index contributed by atoms with van der Waals surface area (Å²) in [5.74, 6) is 1.53. The van der Waals surface area contributed by atoms with Crippen molar-refractivity contribution in [1.82, 2.24) is 9.38 Å². The number of hydrogen-bond donors (Lipinski definition) is 1. The van der Waals surface area contributed by atoms with Crippen LogP contribution in [0.3, 0.4) is 0 Å². The lowest BCUT2D eigenvalue weighted by Crippen LogP contribution is -1.94. The number of fused-ring (bicyclic) bond motifs is 1. The van der Waals surface area contributed by atoms with Crippen LogP contribution in [-0.2, 0) is 0 Å². The number of aromatic nitrogens is 2. The number of phenols is 1. The average Bonchev–Trinajstić information content (AvgIpc) is 2.84. The number of ether oxygens (including phenoxy) is 1. The molecule has 0 saturated heterocycles. The first-order valence-corrected chi connectivity index (χ1v) is 5.64. The Kier molecular flexibility index (Phi) is 2.41. The molecule has 3 rings (SSSR count). The van der Waals surface area contributed by atoms with Gasteiger partial charge in [-0.25, -0.2) is 4.98 Å². The topological polar surface area (TPSA) is 46.8 Å². The van der Waals surface area contributed by atoms with E-state index in [4.69, 9.17) is 4.74 Å². The van der Waals surface area contributed by atoms with Gasteiger partial charge in [0, 0.05) is 18.0 Å². The van der Waals surface area contributed by atoms with Gasteiger partial charge in [0.25, 0.3) is 0 Å². The molecule has 2 aromatic heterocycles. The lowest BCUT2D eigenvalue weighted by molar-refractivity contribution is 0.435. The van der Waals surface area contributed by atoms with E-state index in [-0.39, 0.29) is 5.75 Å². The number of benzene rings is 1. The van der Waals surface area contributed by atoms with Crippen LogP contribution in [0, 0.1) is 6.92 Å². The third-order valence-corrected chi connectivity index (χ3v) is 2.86. The van der Waals surface area contributed by atoms with E-state index in [1.54, 1.807) is 18.3 Å². The molecule has 0 amide bonds. The summed E-state index contributed by atoms with van der Waals surface area (Å²) in [5, 5.41) is 9.65. The molecule has 0 radical (unpaired) electrons. The summed E-state index contributed by atoms with van der Waals surface area (Å²) in [5.41, 5.74) is 1.54. The molecular weight excluding hydrogens is 228 g/mol. The minimum absolute atomic E-state index is 0.227. The zero-order chi connectivity index (χ0) is 12.5. The Morgan fingerprint density at radius 2 is 2.00 bits per heavy atom. The summed E-state index contributed by atoms with van der Waals surface area (Å²) < 4.78 is 7.68. The highest BCUT2D eigenvalue weighted by Gasteiger charge is 2.07. The molecule has 1 N–H and O–H groups in total. The van der Waals surface area contributed by atoms with E-state index < -0.39 is 0 Å². The Hall–Kier alpha value is -2.49. The Morgan fingerprint density at radius 3 is 2.89 bits per heavy atom. The van der Waals surface area contributed by atoms with E-state index in [0.29, 0.717) is 11.6 Å². The number of imidazole rings is 1. The summed E-state index contributed by atoms with van der Waals surface area (Å²) >= 11 is 0. The monoisotopic (exact) mass is 240 g/mol. The van der Waals surface area contributed by atoms with Gasteiger partial charge in [0.05, 0.1) is 0 Å². The van der Waals surface area contributed by atoms with Crippen molar-refractivity contribution in [2.45, 2.75) is 6.92 Å². The maximum atomic E-state index is 9.65. The minimum Gasteiger partial charge on any atom is -0.508 e. The van der Waals surface area contributed by atoms with Crippen LogP contribution in [0.25, 0.3) is 5.65 Å². The van der Waals surface area contributed by atoms with Gasteiger partial charge < -0.3 is 9.84 Å². The number of aromatic hydroxyl groups is 1. The second kappa shape index (κ2) is 4.07. The number of rotatable bonds is 2. The van der Waals surface area contributed by atoms with E-state index in [0.717, 1.165) is 11.2 Å². The van der Waals surface area contributed by atoms with Crippen molar-refractivity contribution >= 4 is 5.65 Å². The zero-order valence-electron chi connectivity index (χ0n) is 9.87. The summed E-state index contributed by atoms with van der Waals surface area (Å²) in [6, 6.07) is 10.9. The highest BCUT2D eigenvalue weighted by atomic mass is 16.5. The highest BCUT2D eigenvalue weighted by molar-refractivity contribution is 5.46. The number of phenolic OH excluding ortho intramolecular Hbond substituents is 1. The second-order valence-corrected chi connectivity index (χ2v) is 4.02. The van der Waals surface area contributed by atoms with Crippen molar-refractivity contribution in [3.8, 4) is 17.4 Å². The van der Waals surface area contributed by atoms with Gasteiger partial charge in [0.1, 0.15) is 17.1 Å². The molecule has 0 fully saturated rings. The normalized spacial score (nSPS) is 10.7. The SMILES string of the molecule is Cc1c(O)cccc1Oc1cccc2nccn12. The Bertz CT molecular complexity index is 704. The van der Waals surface area contributed by atoms with Crippen LogP contribution in [-0.4, -0.2) is 14.5 Å². The van der Waals surface area contributed by atoms with Crippen molar-refractivity contribution in [1.29, 1.82) is 0 Å². The van der Waals surface area contributed by atoms with Gasteiger partial charge in [-0.2, -0.15) is 0 Å². The van der Waals surface area contributed by atoms with Gasteiger partial charge in [-0.05, 0) is 31.2 Å². The quantitative estimate of drug-likeness (QED) is 0.748. The zero-order valence-corrected chi connectivity index (χ0v) is 9.87. The Morgan fingerprint density at radius 1 is 1.17 bits per heavy atom. The number of hydrogen-bond acceptors (Lipinski definition) is 3. The van der Waals surface area contributed by atoms with Gasteiger partial charge in [0.15, 0.2) is 0 Å². The third-order valence-electron chi connectivity index (χ3n) is 2.86. The van der Waals surface area contributed by atoms with Gasteiger partial charge in [-0.1, -0.05) is 12.1 Å². The molecule has 3 aromatic rings. The third kappa shape index (κ3) is 1.68. The van der Waals surface area contributed by atoms with Crippen LogP contribution in [0.15, 0.2) is 48.8 Å². The van der Waals surface area contributed by atoms with Gasteiger partial charge in [-0.15, -0.1) is 0 Å². The highest BCUT2D eigenvalue weighted by Crippen LogP contribution is 2.30. The lowest BCUT2D eigenvalue weighted by atomic mass is 10.2. The second-order valence-electron chi connectivity index (χ2n) is 4.02. The molecule has 0 spiro atoms. The Balaban J connectivity index is 2.06. The van der Waals surface area contributed by atoms with Crippen molar-refractivity contribution in [2.24, 2.45) is 0 Å². The first-order valence-electron chi connectivity index (χ1n) is 5.64. The molecule has 4 heteroatoms. The van der Waals surface area contributed by atoms with Crippen LogP contribution < -0.4 is 4.74 Å². The molecule has 90 valence electrons. The standard InChI is InChI=1S/C14H12N2O2/c1-10-11(17)4-2-5-12(10)18-14-7-3-6-13-15-8-9-16(13)14/h2-9,17H,1H3. The maximum Gasteiger partial charge on any atom is 0.205 e. The lowest BCUT2D eigenvalue weighted by Gasteiger charge is -2.10. The molecule has 0 bridgehead atoms. The number of nitrogens with zero attached hydrogens (tertiary/aromatic N) is 2. The van der Waals surface area contributed by atoms with Crippen LogP contribution >= 0.6 is 0 Å². The van der Waals surface area contributed by atoms with Crippen LogP contribution in [0.4, 0.5) is 0 Å². The summed E-state index contributed by atoms with van der Waals surface area (Å²) in [6.45, 7) is 1.82. The van der Waals surface area contributed by atoms with E-state index in [1.807, 2.05) is 41.8 Å². The molecule has 0 aliphatic rings. The maximum absolute atomic E-state index is 9.65. The van der Waals surface area contributed by atoms with Crippen molar-refractivity contribution < 1.29 is 9.84 Å².